The van der Waals surface area contributed by atoms with Crippen molar-refractivity contribution in [2.75, 3.05) is 22.6 Å². The second-order valence-electron chi connectivity index (χ2n) is 6.61. The molecule has 31 heavy (non-hydrogen) atoms. The normalized spacial score (nSPS) is 17.2. The number of hydrogen-bond donors (Lipinski definition) is 2. The van der Waals surface area contributed by atoms with Gasteiger partial charge in [0.25, 0.3) is 5.91 Å². The molecular formula is C21H20ClN5O3S. The van der Waals surface area contributed by atoms with Crippen LogP contribution in [0, 0.1) is 0 Å². The molecular weight excluding hydrogens is 438 g/mol. The van der Waals surface area contributed by atoms with Crippen LogP contribution in [-0.2, 0) is 9.59 Å². The van der Waals surface area contributed by atoms with Crippen LogP contribution in [0.2, 0.25) is 5.02 Å². The standard InChI is InChI=1S/C21H20ClN5O3S/c1-2-30-17-9-7-16(8-10-17)26-11-12-27-19(20(26)29)24-25-21(27)31-13-18(28)23-15-5-3-14(22)4-6-15/h3-12,19,24H,2,13H2,1H3,(H,23,28). The number of anilines is 2. The predicted octanol–water partition coefficient (Wildman–Crippen LogP) is 3.43. The van der Waals surface area contributed by atoms with Crippen LogP contribution in [0.4, 0.5) is 11.4 Å². The monoisotopic (exact) mass is 457 g/mol. The van der Waals surface area contributed by atoms with Crippen molar-refractivity contribution in [2.24, 2.45) is 5.10 Å². The minimum atomic E-state index is -0.654. The van der Waals surface area contributed by atoms with Crippen LogP contribution >= 0.6 is 23.4 Å². The second kappa shape index (κ2) is 9.32. The van der Waals surface area contributed by atoms with E-state index in [1.165, 1.54) is 11.8 Å². The Hall–Kier alpha value is -3.17. The van der Waals surface area contributed by atoms with E-state index in [4.69, 9.17) is 16.3 Å². The van der Waals surface area contributed by atoms with E-state index in [0.717, 1.165) is 11.4 Å². The topological polar surface area (TPSA) is 86.3 Å². The van der Waals surface area contributed by atoms with Crippen molar-refractivity contribution in [1.82, 2.24) is 10.3 Å². The molecule has 160 valence electrons. The molecule has 2 aromatic carbocycles. The summed E-state index contributed by atoms with van der Waals surface area (Å²) < 4.78 is 5.45. The molecule has 2 N–H and O–H groups in total. The lowest BCUT2D eigenvalue weighted by Crippen LogP contribution is -2.52. The number of thioether (sulfide) groups is 1. The van der Waals surface area contributed by atoms with Gasteiger partial charge in [0.15, 0.2) is 5.17 Å². The Bertz CT molecular complexity index is 1030. The third kappa shape index (κ3) is 4.78. The molecule has 0 saturated carbocycles. The van der Waals surface area contributed by atoms with Crippen molar-refractivity contribution in [1.29, 1.82) is 0 Å². The van der Waals surface area contributed by atoms with Gasteiger partial charge in [-0.05, 0) is 55.5 Å². The van der Waals surface area contributed by atoms with Crippen molar-refractivity contribution < 1.29 is 14.3 Å². The number of amides is 2. The molecule has 2 aliphatic rings. The summed E-state index contributed by atoms with van der Waals surface area (Å²) >= 11 is 7.10. The molecule has 2 aliphatic heterocycles. The van der Waals surface area contributed by atoms with Gasteiger partial charge >= 0.3 is 0 Å². The molecule has 0 spiro atoms. The SMILES string of the molecule is CCOc1ccc(N2C=CN3C(SCC(=O)Nc4ccc(Cl)cc4)=NNC3C2=O)cc1. The number of nitrogens with one attached hydrogen (secondary N) is 2. The van der Waals surface area contributed by atoms with Gasteiger partial charge < -0.3 is 10.1 Å². The maximum absolute atomic E-state index is 12.9. The van der Waals surface area contributed by atoms with Crippen LogP contribution < -0.4 is 20.4 Å². The Labute approximate surface area is 188 Å². The number of ether oxygens (including phenoxy) is 1. The largest absolute Gasteiger partial charge is 0.494 e. The molecule has 0 saturated heterocycles. The molecule has 2 heterocycles. The Kier molecular flexibility index (Phi) is 6.34. The molecule has 8 nitrogen and oxygen atoms in total. The van der Waals surface area contributed by atoms with E-state index < -0.39 is 6.17 Å². The second-order valence-corrected chi connectivity index (χ2v) is 7.99. The van der Waals surface area contributed by atoms with Gasteiger partial charge in [0.1, 0.15) is 5.75 Å². The van der Waals surface area contributed by atoms with Crippen LogP contribution in [0.3, 0.4) is 0 Å². The Morgan fingerprint density at radius 1 is 1.19 bits per heavy atom. The summed E-state index contributed by atoms with van der Waals surface area (Å²) in [5, 5.41) is 8.18. The smallest absolute Gasteiger partial charge is 0.276 e. The third-order valence-electron chi connectivity index (χ3n) is 4.52. The summed E-state index contributed by atoms with van der Waals surface area (Å²) in [7, 11) is 0. The minimum absolute atomic E-state index is 0.150. The molecule has 2 aromatic rings. The summed E-state index contributed by atoms with van der Waals surface area (Å²) in [4.78, 5) is 28.4. The summed E-state index contributed by atoms with van der Waals surface area (Å²) in [6.07, 6.45) is 2.80. The van der Waals surface area contributed by atoms with E-state index in [0.29, 0.717) is 22.5 Å². The van der Waals surface area contributed by atoms with Crippen LogP contribution in [0.15, 0.2) is 66.0 Å². The predicted molar refractivity (Wildman–Crippen MR) is 123 cm³/mol. The number of hydrogen-bond acceptors (Lipinski definition) is 7. The van der Waals surface area contributed by atoms with E-state index in [-0.39, 0.29) is 17.6 Å². The summed E-state index contributed by atoms with van der Waals surface area (Å²) in [6, 6.07) is 14.2. The van der Waals surface area contributed by atoms with Gasteiger partial charge in [-0.2, -0.15) is 5.10 Å². The van der Waals surface area contributed by atoms with Gasteiger partial charge in [0, 0.05) is 28.8 Å². The molecule has 1 unspecified atom stereocenters. The number of nitrogens with zero attached hydrogens (tertiary/aromatic N) is 3. The van der Waals surface area contributed by atoms with Crippen molar-refractivity contribution in [3.63, 3.8) is 0 Å². The summed E-state index contributed by atoms with van der Waals surface area (Å²) in [5.41, 5.74) is 4.25. The van der Waals surface area contributed by atoms with E-state index in [1.54, 1.807) is 46.5 Å². The fourth-order valence-electron chi connectivity index (χ4n) is 3.06. The number of carbonyl (C=O) groups is 2. The van der Waals surface area contributed by atoms with Crippen LogP contribution in [-0.4, -0.2) is 40.4 Å². The number of rotatable bonds is 6. The molecule has 0 aliphatic carbocycles. The molecule has 4 rings (SSSR count). The molecule has 0 bridgehead atoms. The molecule has 2 amide bonds. The van der Waals surface area contributed by atoms with Gasteiger partial charge in [-0.3, -0.25) is 24.8 Å². The Morgan fingerprint density at radius 3 is 2.65 bits per heavy atom. The zero-order chi connectivity index (χ0) is 21.8. The molecule has 0 fully saturated rings. The molecule has 10 heteroatoms. The van der Waals surface area contributed by atoms with Crippen LogP contribution in [0.1, 0.15) is 6.92 Å². The van der Waals surface area contributed by atoms with E-state index in [2.05, 4.69) is 15.8 Å². The zero-order valence-electron chi connectivity index (χ0n) is 16.6. The van der Waals surface area contributed by atoms with E-state index in [1.807, 2.05) is 31.2 Å². The number of amidine groups is 1. The number of fused-ring (bicyclic) bond motifs is 1. The number of benzene rings is 2. The number of halogens is 1. The molecule has 1 atom stereocenters. The minimum Gasteiger partial charge on any atom is -0.494 e. The lowest BCUT2D eigenvalue weighted by Gasteiger charge is -2.31. The fourth-order valence-corrected chi connectivity index (χ4v) is 3.96. The summed E-state index contributed by atoms with van der Waals surface area (Å²) in [5.74, 6) is 0.550. The zero-order valence-corrected chi connectivity index (χ0v) is 18.2. The highest BCUT2D eigenvalue weighted by Gasteiger charge is 2.38. The van der Waals surface area contributed by atoms with E-state index in [9.17, 15) is 9.59 Å². The molecule has 0 aromatic heterocycles. The first-order valence-electron chi connectivity index (χ1n) is 9.59. The van der Waals surface area contributed by atoms with Gasteiger partial charge in [-0.1, -0.05) is 23.4 Å². The van der Waals surface area contributed by atoms with Gasteiger partial charge in [0.2, 0.25) is 12.1 Å². The maximum Gasteiger partial charge on any atom is 0.276 e. The van der Waals surface area contributed by atoms with Gasteiger partial charge in [0.05, 0.1) is 12.4 Å². The number of carbonyl (C=O) groups excluding carboxylic acids is 2. The lowest BCUT2D eigenvalue weighted by atomic mass is 10.2. The highest BCUT2D eigenvalue weighted by atomic mass is 35.5. The number of hydrazone groups is 1. The first-order valence-corrected chi connectivity index (χ1v) is 11.0. The van der Waals surface area contributed by atoms with E-state index >= 15 is 0 Å². The maximum atomic E-state index is 12.9. The fraction of sp³-hybridized carbons (Fsp3) is 0.190. The molecule has 0 radical (unpaired) electrons. The highest BCUT2D eigenvalue weighted by molar-refractivity contribution is 8.14. The van der Waals surface area contributed by atoms with Crippen LogP contribution in [0.5, 0.6) is 5.75 Å². The average molecular weight is 458 g/mol. The average Bonchev–Trinajstić information content (AvgIpc) is 3.19. The Morgan fingerprint density at radius 2 is 1.94 bits per heavy atom. The quantitative estimate of drug-likeness (QED) is 0.691. The first-order chi connectivity index (χ1) is 15.0. The lowest BCUT2D eigenvalue weighted by molar-refractivity contribution is -0.122. The van der Waals surface area contributed by atoms with Gasteiger partial charge in [-0.15, -0.1) is 0 Å². The first kappa shape index (κ1) is 21.1. The van der Waals surface area contributed by atoms with Crippen molar-refractivity contribution >= 4 is 51.7 Å². The van der Waals surface area contributed by atoms with Crippen LogP contribution in [0.25, 0.3) is 0 Å². The Balaban J connectivity index is 1.35. The van der Waals surface area contributed by atoms with Crippen molar-refractivity contribution in [3.8, 4) is 5.75 Å². The van der Waals surface area contributed by atoms with Gasteiger partial charge in [-0.25, -0.2) is 0 Å². The van der Waals surface area contributed by atoms with Crippen molar-refractivity contribution in [3.05, 3.63) is 66.0 Å². The summed E-state index contributed by atoms with van der Waals surface area (Å²) in [6.45, 7) is 2.50. The third-order valence-corrected chi connectivity index (χ3v) is 5.73. The highest BCUT2D eigenvalue weighted by Crippen LogP contribution is 2.27. The van der Waals surface area contributed by atoms with Crippen molar-refractivity contribution in [2.45, 2.75) is 13.1 Å².